The van der Waals surface area contributed by atoms with Crippen LogP contribution < -0.4 is 5.73 Å². The molecule has 1 aromatic carbocycles. The molecule has 0 aliphatic rings. The zero-order valence-electron chi connectivity index (χ0n) is 8.36. The number of halogens is 2. The Morgan fingerprint density at radius 2 is 2.31 bits per heavy atom. The van der Waals surface area contributed by atoms with E-state index in [1.807, 2.05) is 5.38 Å². The summed E-state index contributed by atoms with van der Waals surface area (Å²) in [6, 6.07) is 4.15. The minimum Gasteiger partial charge on any atom is -0.324 e. The molecule has 1 unspecified atom stereocenters. The van der Waals surface area contributed by atoms with Crippen LogP contribution in [0.15, 0.2) is 29.8 Å². The Labute approximate surface area is 102 Å². The van der Waals surface area contributed by atoms with Gasteiger partial charge in [0.2, 0.25) is 0 Å². The number of thiazole rings is 1. The van der Waals surface area contributed by atoms with Crippen LogP contribution in [-0.2, 0) is 6.42 Å². The zero-order valence-corrected chi connectivity index (χ0v) is 9.93. The second-order valence-corrected chi connectivity index (χ2v) is 4.82. The Morgan fingerprint density at radius 1 is 1.50 bits per heavy atom. The Hall–Kier alpha value is -0.970. The molecule has 0 spiro atoms. The Morgan fingerprint density at radius 3 is 2.94 bits per heavy atom. The van der Waals surface area contributed by atoms with Crippen LogP contribution in [0, 0.1) is 5.82 Å². The van der Waals surface area contributed by atoms with Crippen LogP contribution in [0.4, 0.5) is 4.39 Å². The molecule has 1 aromatic heterocycles. The van der Waals surface area contributed by atoms with Crippen molar-refractivity contribution < 1.29 is 4.39 Å². The quantitative estimate of drug-likeness (QED) is 0.916. The summed E-state index contributed by atoms with van der Waals surface area (Å²) >= 11 is 7.19. The third-order valence-electron chi connectivity index (χ3n) is 2.24. The van der Waals surface area contributed by atoms with Crippen molar-refractivity contribution >= 4 is 22.9 Å². The summed E-state index contributed by atoms with van der Waals surface area (Å²) in [5, 5.41) is 3.16. The summed E-state index contributed by atoms with van der Waals surface area (Å²) < 4.78 is 13.5. The molecule has 0 saturated heterocycles. The van der Waals surface area contributed by atoms with Gasteiger partial charge in [0.1, 0.15) is 5.82 Å². The van der Waals surface area contributed by atoms with Crippen LogP contribution in [0.2, 0.25) is 5.02 Å². The van der Waals surface area contributed by atoms with Gasteiger partial charge in [0.15, 0.2) is 0 Å². The van der Waals surface area contributed by atoms with Crippen LogP contribution in [0.25, 0.3) is 0 Å². The highest BCUT2D eigenvalue weighted by atomic mass is 35.5. The molecule has 0 fully saturated rings. The first-order chi connectivity index (χ1) is 7.66. The van der Waals surface area contributed by atoms with E-state index >= 15 is 0 Å². The van der Waals surface area contributed by atoms with Gasteiger partial charge >= 0.3 is 0 Å². The highest BCUT2D eigenvalue weighted by Gasteiger charge is 2.13. The molecule has 84 valence electrons. The topological polar surface area (TPSA) is 38.9 Å². The standard InChI is InChI=1S/C11H10ClFN2S/c12-7-1-2-8(9(13)5-7)10(14)6-11-15-3-4-16-11/h1-5,10H,6,14H2. The average Bonchev–Trinajstić information content (AvgIpc) is 2.70. The Kier molecular flexibility index (Phi) is 3.53. The molecule has 16 heavy (non-hydrogen) atoms. The summed E-state index contributed by atoms with van der Waals surface area (Å²) in [6.07, 6.45) is 2.25. The fraction of sp³-hybridized carbons (Fsp3) is 0.182. The van der Waals surface area contributed by atoms with E-state index in [9.17, 15) is 4.39 Å². The molecule has 0 radical (unpaired) electrons. The van der Waals surface area contributed by atoms with Crippen LogP contribution in [0.3, 0.4) is 0 Å². The zero-order chi connectivity index (χ0) is 11.5. The predicted octanol–water partition coefficient (Wildman–Crippen LogP) is 3.18. The largest absolute Gasteiger partial charge is 0.324 e. The van der Waals surface area contributed by atoms with E-state index in [1.54, 1.807) is 18.3 Å². The first-order valence-corrected chi connectivity index (χ1v) is 6.01. The molecule has 0 aliphatic carbocycles. The molecule has 0 saturated carbocycles. The van der Waals surface area contributed by atoms with Crippen LogP contribution in [-0.4, -0.2) is 4.98 Å². The van der Waals surface area contributed by atoms with Crippen LogP contribution >= 0.6 is 22.9 Å². The monoisotopic (exact) mass is 256 g/mol. The van der Waals surface area contributed by atoms with Gasteiger partial charge in [-0.05, 0) is 12.1 Å². The maximum absolute atomic E-state index is 13.5. The molecule has 5 heteroatoms. The first kappa shape index (κ1) is 11.5. The van der Waals surface area contributed by atoms with Crippen LogP contribution in [0.1, 0.15) is 16.6 Å². The summed E-state index contributed by atoms with van der Waals surface area (Å²) in [6.45, 7) is 0. The van der Waals surface area contributed by atoms with E-state index in [1.165, 1.54) is 17.4 Å². The van der Waals surface area contributed by atoms with E-state index in [2.05, 4.69) is 4.98 Å². The average molecular weight is 257 g/mol. The third kappa shape index (κ3) is 2.58. The van der Waals surface area contributed by atoms with Crippen molar-refractivity contribution in [1.29, 1.82) is 0 Å². The van der Waals surface area contributed by atoms with Gasteiger partial charge in [-0.2, -0.15) is 0 Å². The van der Waals surface area contributed by atoms with E-state index in [4.69, 9.17) is 17.3 Å². The van der Waals surface area contributed by atoms with Gasteiger partial charge in [0.25, 0.3) is 0 Å². The third-order valence-corrected chi connectivity index (χ3v) is 3.28. The minimum absolute atomic E-state index is 0.364. The number of aromatic nitrogens is 1. The normalized spacial score (nSPS) is 12.7. The van der Waals surface area contributed by atoms with Gasteiger partial charge in [-0.25, -0.2) is 9.37 Å². The lowest BCUT2D eigenvalue weighted by atomic mass is 10.0. The van der Waals surface area contributed by atoms with Crippen molar-refractivity contribution in [2.75, 3.05) is 0 Å². The lowest BCUT2D eigenvalue weighted by Crippen LogP contribution is -2.14. The van der Waals surface area contributed by atoms with Crippen molar-refractivity contribution in [3.63, 3.8) is 0 Å². The number of nitrogens with two attached hydrogens (primary N) is 1. The lowest BCUT2D eigenvalue weighted by molar-refractivity contribution is 0.580. The number of benzene rings is 1. The molecule has 0 aliphatic heterocycles. The minimum atomic E-state index is -0.386. The molecular formula is C11H10ClFN2S. The number of hydrogen-bond donors (Lipinski definition) is 1. The van der Waals surface area contributed by atoms with Gasteiger partial charge < -0.3 is 5.73 Å². The summed E-state index contributed by atoms with van der Waals surface area (Å²) in [4.78, 5) is 4.12. The molecule has 2 N–H and O–H groups in total. The summed E-state index contributed by atoms with van der Waals surface area (Å²) in [7, 11) is 0. The Bertz CT molecular complexity index is 473. The van der Waals surface area contributed by atoms with E-state index < -0.39 is 0 Å². The first-order valence-electron chi connectivity index (χ1n) is 4.75. The molecule has 2 nitrogen and oxygen atoms in total. The van der Waals surface area contributed by atoms with E-state index in [-0.39, 0.29) is 11.9 Å². The SMILES string of the molecule is NC(Cc1nccs1)c1ccc(Cl)cc1F. The maximum Gasteiger partial charge on any atom is 0.129 e. The molecule has 1 atom stereocenters. The van der Waals surface area contributed by atoms with Gasteiger partial charge in [-0.15, -0.1) is 11.3 Å². The molecule has 0 bridgehead atoms. The number of nitrogens with zero attached hydrogens (tertiary/aromatic N) is 1. The second-order valence-electron chi connectivity index (χ2n) is 3.40. The van der Waals surface area contributed by atoms with E-state index in [0.717, 1.165) is 5.01 Å². The van der Waals surface area contributed by atoms with Crippen molar-refractivity contribution in [3.8, 4) is 0 Å². The molecule has 2 aromatic rings. The van der Waals surface area contributed by atoms with Gasteiger partial charge in [-0.3, -0.25) is 0 Å². The van der Waals surface area contributed by atoms with Crippen molar-refractivity contribution in [1.82, 2.24) is 4.98 Å². The fourth-order valence-electron chi connectivity index (χ4n) is 1.45. The fourth-order valence-corrected chi connectivity index (χ4v) is 2.29. The van der Waals surface area contributed by atoms with Crippen molar-refractivity contribution in [2.24, 2.45) is 5.73 Å². The van der Waals surface area contributed by atoms with E-state index in [0.29, 0.717) is 17.0 Å². The predicted molar refractivity (Wildman–Crippen MR) is 64.2 cm³/mol. The van der Waals surface area contributed by atoms with Crippen molar-refractivity contribution in [3.05, 3.63) is 51.2 Å². The summed E-state index contributed by atoms with van der Waals surface area (Å²) in [5.74, 6) is -0.364. The van der Waals surface area contributed by atoms with Gasteiger partial charge in [0, 0.05) is 34.6 Å². The van der Waals surface area contributed by atoms with Gasteiger partial charge in [0.05, 0.1) is 5.01 Å². The number of rotatable bonds is 3. The van der Waals surface area contributed by atoms with Crippen molar-refractivity contribution in [2.45, 2.75) is 12.5 Å². The maximum atomic E-state index is 13.5. The second kappa shape index (κ2) is 4.91. The number of hydrogen-bond acceptors (Lipinski definition) is 3. The molecule has 2 rings (SSSR count). The molecule has 0 amide bonds. The molecule has 1 heterocycles. The Balaban J connectivity index is 2.17. The highest BCUT2D eigenvalue weighted by molar-refractivity contribution is 7.09. The highest BCUT2D eigenvalue weighted by Crippen LogP contribution is 2.22. The lowest BCUT2D eigenvalue weighted by Gasteiger charge is -2.11. The smallest absolute Gasteiger partial charge is 0.129 e. The molecular weight excluding hydrogens is 247 g/mol. The van der Waals surface area contributed by atoms with Crippen LogP contribution in [0.5, 0.6) is 0 Å². The van der Waals surface area contributed by atoms with Gasteiger partial charge in [-0.1, -0.05) is 17.7 Å². The summed E-state index contributed by atoms with van der Waals surface area (Å²) in [5.41, 5.74) is 6.39.